The lowest BCUT2D eigenvalue weighted by atomic mass is 10.0. The predicted octanol–water partition coefficient (Wildman–Crippen LogP) is 6.56. The van der Waals surface area contributed by atoms with Gasteiger partial charge in [0.15, 0.2) is 0 Å². The number of ether oxygens (including phenoxy) is 3. The Hall–Kier alpha value is -3.60. The van der Waals surface area contributed by atoms with E-state index in [4.69, 9.17) is 14.2 Å². The molecule has 3 aromatic carbocycles. The van der Waals surface area contributed by atoms with Crippen molar-refractivity contribution in [2.75, 3.05) is 13.2 Å². The fraction of sp³-hybridized carbons (Fsp3) is 0.286. The summed E-state index contributed by atoms with van der Waals surface area (Å²) < 4.78 is 16.3. The van der Waals surface area contributed by atoms with Crippen molar-refractivity contribution in [2.45, 2.75) is 33.6 Å². The molecule has 5 heteroatoms. The monoisotopic (exact) mass is 446 g/mol. The number of carbonyl (C=O) groups excluding carboxylic acids is 2. The molecule has 5 nitrogen and oxygen atoms in total. The maximum Gasteiger partial charge on any atom is 0.343 e. The minimum atomic E-state index is -0.461. The summed E-state index contributed by atoms with van der Waals surface area (Å²) in [4.78, 5) is 24.6. The molecule has 1 unspecified atom stereocenters. The van der Waals surface area contributed by atoms with Crippen LogP contribution in [-0.4, -0.2) is 25.2 Å². The molecule has 0 bridgehead atoms. The fourth-order valence-corrected chi connectivity index (χ4v) is 3.01. The molecule has 3 rings (SSSR count). The smallest absolute Gasteiger partial charge is 0.343 e. The summed E-state index contributed by atoms with van der Waals surface area (Å²) in [5.41, 5.74) is 2.90. The maximum absolute atomic E-state index is 12.5. The van der Waals surface area contributed by atoms with Gasteiger partial charge in [0, 0.05) is 0 Å². The number of benzene rings is 3. The summed E-state index contributed by atoms with van der Waals surface area (Å²) in [5.74, 6) is 0.686. The molecule has 0 saturated carbocycles. The van der Waals surface area contributed by atoms with E-state index < -0.39 is 5.97 Å². The van der Waals surface area contributed by atoms with E-state index in [0.29, 0.717) is 36.0 Å². The molecule has 33 heavy (non-hydrogen) atoms. The zero-order chi connectivity index (χ0) is 23.6. The first-order valence-electron chi connectivity index (χ1n) is 11.3. The van der Waals surface area contributed by atoms with Gasteiger partial charge in [-0.1, -0.05) is 51.5 Å². The first-order chi connectivity index (χ1) is 16.0. The van der Waals surface area contributed by atoms with Crippen LogP contribution in [0.25, 0.3) is 11.1 Å². The van der Waals surface area contributed by atoms with Crippen LogP contribution < -0.4 is 9.47 Å². The number of esters is 2. The van der Waals surface area contributed by atoms with Crippen molar-refractivity contribution in [1.29, 1.82) is 0 Å². The highest BCUT2D eigenvalue weighted by molar-refractivity contribution is 5.92. The van der Waals surface area contributed by atoms with Crippen LogP contribution in [-0.2, 0) is 4.74 Å². The van der Waals surface area contributed by atoms with E-state index in [1.165, 1.54) is 0 Å². The largest absolute Gasteiger partial charge is 0.494 e. The van der Waals surface area contributed by atoms with Gasteiger partial charge in [-0.05, 0) is 72.0 Å². The molecular formula is C28H30O5. The zero-order valence-corrected chi connectivity index (χ0v) is 19.4. The summed E-state index contributed by atoms with van der Waals surface area (Å²) in [7, 11) is 0. The second-order valence-corrected chi connectivity index (χ2v) is 7.98. The van der Waals surface area contributed by atoms with Gasteiger partial charge < -0.3 is 14.2 Å². The molecule has 0 aromatic heterocycles. The quantitative estimate of drug-likeness (QED) is 0.260. The summed E-state index contributed by atoms with van der Waals surface area (Å²) in [6.07, 6.45) is 1.91. The van der Waals surface area contributed by atoms with Crippen LogP contribution in [0.15, 0.2) is 72.8 Å². The summed E-state index contributed by atoms with van der Waals surface area (Å²) in [6, 6.07) is 21.5. The van der Waals surface area contributed by atoms with E-state index in [-0.39, 0.29) is 5.97 Å². The molecule has 3 aromatic rings. The SMILES string of the molecule is CCCOc1ccc(-c2ccc(C(=O)Oc3ccc(C(=O)OCC(C)CC)cc3)cc2)cc1. The molecule has 1 atom stereocenters. The number of hydrogen-bond donors (Lipinski definition) is 0. The van der Waals surface area contributed by atoms with Crippen molar-refractivity contribution in [3.63, 3.8) is 0 Å². The molecule has 0 saturated heterocycles. The topological polar surface area (TPSA) is 61.8 Å². The van der Waals surface area contributed by atoms with Crippen LogP contribution in [0, 0.1) is 5.92 Å². The lowest BCUT2D eigenvalue weighted by Crippen LogP contribution is -2.12. The van der Waals surface area contributed by atoms with Gasteiger partial charge in [0.05, 0.1) is 24.3 Å². The Balaban J connectivity index is 1.57. The van der Waals surface area contributed by atoms with Gasteiger partial charge in [0.1, 0.15) is 11.5 Å². The van der Waals surface area contributed by atoms with E-state index in [1.54, 1.807) is 36.4 Å². The Morgan fingerprint density at radius 2 is 1.24 bits per heavy atom. The van der Waals surface area contributed by atoms with Crippen molar-refractivity contribution in [2.24, 2.45) is 5.92 Å². The molecule has 0 heterocycles. The minimum absolute atomic E-state index is 0.319. The maximum atomic E-state index is 12.5. The highest BCUT2D eigenvalue weighted by Gasteiger charge is 2.12. The van der Waals surface area contributed by atoms with Crippen molar-refractivity contribution in [1.82, 2.24) is 0 Å². The molecule has 0 spiro atoms. The highest BCUT2D eigenvalue weighted by atomic mass is 16.5. The average molecular weight is 447 g/mol. The number of hydrogen-bond acceptors (Lipinski definition) is 5. The second kappa shape index (κ2) is 11.9. The molecule has 0 N–H and O–H groups in total. The average Bonchev–Trinajstić information content (AvgIpc) is 2.86. The van der Waals surface area contributed by atoms with Gasteiger partial charge in [-0.15, -0.1) is 0 Å². The van der Waals surface area contributed by atoms with Crippen molar-refractivity contribution < 1.29 is 23.8 Å². The van der Waals surface area contributed by atoms with Crippen LogP contribution in [0.2, 0.25) is 0 Å². The molecule has 172 valence electrons. The third-order valence-corrected chi connectivity index (χ3v) is 5.28. The Bertz CT molecular complexity index is 1040. The van der Waals surface area contributed by atoms with Crippen molar-refractivity contribution in [3.8, 4) is 22.6 Å². The third kappa shape index (κ3) is 6.94. The third-order valence-electron chi connectivity index (χ3n) is 5.28. The highest BCUT2D eigenvalue weighted by Crippen LogP contribution is 2.23. The number of carbonyl (C=O) groups is 2. The fourth-order valence-electron chi connectivity index (χ4n) is 3.01. The number of rotatable bonds is 10. The zero-order valence-electron chi connectivity index (χ0n) is 19.4. The Kier molecular flexibility index (Phi) is 8.64. The standard InChI is InChI=1S/C28H30O5/c1-4-18-31-25-14-10-22(11-15-25)21-6-8-24(9-7-21)28(30)33-26-16-12-23(13-17-26)27(29)32-19-20(3)5-2/h6-17,20H,4-5,18-19H2,1-3H3. The van der Waals surface area contributed by atoms with Gasteiger partial charge in [-0.25, -0.2) is 9.59 Å². The molecular weight excluding hydrogens is 416 g/mol. The van der Waals surface area contributed by atoms with Gasteiger partial charge in [0.25, 0.3) is 0 Å². The summed E-state index contributed by atoms with van der Waals surface area (Å²) >= 11 is 0. The van der Waals surface area contributed by atoms with E-state index in [0.717, 1.165) is 29.7 Å². The van der Waals surface area contributed by atoms with Gasteiger partial charge in [0.2, 0.25) is 0 Å². The minimum Gasteiger partial charge on any atom is -0.494 e. The van der Waals surface area contributed by atoms with Crippen LogP contribution in [0.5, 0.6) is 11.5 Å². The van der Waals surface area contributed by atoms with E-state index in [2.05, 4.69) is 13.8 Å². The first kappa shape index (κ1) is 24.1. The molecule has 0 aliphatic carbocycles. The first-order valence-corrected chi connectivity index (χ1v) is 11.3. The second-order valence-electron chi connectivity index (χ2n) is 7.98. The van der Waals surface area contributed by atoms with Crippen molar-refractivity contribution in [3.05, 3.63) is 83.9 Å². The summed E-state index contributed by atoms with van der Waals surface area (Å²) in [6.45, 7) is 7.24. The Morgan fingerprint density at radius 1 is 0.727 bits per heavy atom. The van der Waals surface area contributed by atoms with Crippen molar-refractivity contribution >= 4 is 11.9 Å². The molecule has 0 aliphatic rings. The molecule has 0 radical (unpaired) electrons. The van der Waals surface area contributed by atoms with Gasteiger partial charge >= 0.3 is 11.9 Å². The van der Waals surface area contributed by atoms with E-state index in [1.807, 2.05) is 43.3 Å². The molecule has 0 amide bonds. The van der Waals surface area contributed by atoms with Crippen LogP contribution >= 0.6 is 0 Å². The lowest BCUT2D eigenvalue weighted by molar-refractivity contribution is 0.0447. The van der Waals surface area contributed by atoms with E-state index in [9.17, 15) is 9.59 Å². The van der Waals surface area contributed by atoms with Gasteiger partial charge in [-0.2, -0.15) is 0 Å². The van der Waals surface area contributed by atoms with Gasteiger partial charge in [-0.3, -0.25) is 0 Å². The summed E-state index contributed by atoms with van der Waals surface area (Å²) in [5, 5.41) is 0. The van der Waals surface area contributed by atoms with Crippen LogP contribution in [0.3, 0.4) is 0 Å². The lowest BCUT2D eigenvalue weighted by Gasteiger charge is -2.10. The van der Waals surface area contributed by atoms with Crippen LogP contribution in [0.4, 0.5) is 0 Å². The Morgan fingerprint density at radius 3 is 1.82 bits per heavy atom. The predicted molar refractivity (Wildman–Crippen MR) is 129 cm³/mol. The Labute approximate surface area is 195 Å². The van der Waals surface area contributed by atoms with E-state index >= 15 is 0 Å². The molecule has 0 fully saturated rings. The normalized spacial score (nSPS) is 11.5. The molecule has 0 aliphatic heterocycles. The van der Waals surface area contributed by atoms with Crippen LogP contribution in [0.1, 0.15) is 54.3 Å².